The van der Waals surface area contributed by atoms with Crippen molar-refractivity contribution in [1.82, 2.24) is 0 Å². The van der Waals surface area contributed by atoms with Gasteiger partial charge in [-0.3, -0.25) is 0 Å². The van der Waals surface area contributed by atoms with Gasteiger partial charge < -0.3 is 23.7 Å². The largest absolute Gasteiger partial charge is 0.497 e. The molecular weight excluding hydrogens is 620 g/mol. The van der Waals surface area contributed by atoms with Gasteiger partial charge in [-0.2, -0.15) is 0 Å². The van der Waals surface area contributed by atoms with Crippen LogP contribution < -0.4 is 23.7 Å². The van der Waals surface area contributed by atoms with Gasteiger partial charge in [-0.05, 0) is 100 Å². The second-order valence-electron chi connectivity index (χ2n) is 15.9. The van der Waals surface area contributed by atoms with Crippen LogP contribution >= 0.6 is 0 Å². The molecule has 50 heavy (non-hydrogen) atoms. The van der Waals surface area contributed by atoms with Crippen molar-refractivity contribution in [3.63, 3.8) is 0 Å². The monoisotopic (exact) mass is 666 g/mol. The number of ether oxygens (including phenoxy) is 5. The van der Waals surface area contributed by atoms with Crippen molar-refractivity contribution in [2.24, 2.45) is 10.8 Å². The van der Waals surface area contributed by atoms with E-state index in [2.05, 4.69) is 101 Å². The Morgan fingerprint density at radius 1 is 0.600 bits per heavy atom. The summed E-state index contributed by atoms with van der Waals surface area (Å²) in [6.45, 7) is 9.79. The Labute approximate surface area is 295 Å². The quantitative estimate of drug-likeness (QED) is 0.180. The highest BCUT2D eigenvalue weighted by Gasteiger charge is 2.55. The van der Waals surface area contributed by atoms with Crippen molar-refractivity contribution in [1.29, 1.82) is 0 Å². The van der Waals surface area contributed by atoms with Crippen molar-refractivity contribution in [3.05, 3.63) is 119 Å². The fourth-order valence-electron chi connectivity index (χ4n) is 10.1. The van der Waals surface area contributed by atoms with Crippen LogP contribution in [0.25, 0.3) is 28.0 Å². The van der Waals surface area contributed by atoms with Gasteiger partial charge in [-0.15, -0.1) is 0 Å². The molecule has 0 unspecified atom stereocenters. The molecule has 5 aromatic rings. The van der Waals surface area contributed by atoms with Gasteiger partial charge in [0.1, 0.15) is 17.2 Å². The minimum Gasteiger partial charge on any atom is -0.497 e. The molecule has 1 fully saturated rings. The van der Waals surface area contributed by atoms with Gasteiger partial charge in [0, 0.05) is 27.5 Å². The summed E-state index contributed by atoms with van der Waals surface area (Å²) in [6.07, 6.45) is 7.86. The van der Waals surface area contributed by atoms with Crippen LogP contribution in [0.4, 0.5) is 0 Å². The van der Waals surface area contributed by atoms with Crippen LogP contribution in [0.1, 0.15) is 74.8 Å². The first kappa shape index (κ1) is 32.3. The summed E-state index contributed by atoms with van der Waals surface area (Å²) >= 11 is 0. The molecule has 5 heteroatoms. The van der Waals surface area contributed by atoms with Gasteiger partial charge in [0.05, 0.1) is 28.4 Å². The highest BCUT2D eigenvalue weighted by atomic mass is 16.5. The first-order valence-electron chi connectivity index (χ1n) is 17.5. The Kier molecular flexibility index (Phi) is 7.31. The second-order valence-corrected chi connectivity index (χ2v) is 15.9. The van der Waals surface area contributed by atoms with E-state index >= 15 is 0 Å². The topological polar surface area (TPSA) is 46.2 Å². The first-order valence-corrected chi connectivity index (χ1v) is 17.5. The van der Waals surface area contributed by atoms with Gasteiger partial charge >= 0.3 is 0 Å². The Hall–Kier alpha value is -4.90. The third-order valence-corrected chi connectivity index (χ3v) is 11.3. The number of methoxy groups -OCH3 is 4. The van der Waals surface area contributed by atoms with E-state index in [-0.39, 0.29) is 16.2 Å². The molecule has 0 saturated heterocycles. The van der Waals surface area contributed by atoms with E-state index in [1.807, 2.05) is 24.3 Å². The lowest BCUT2D eigenvalue weighted by Crippen LogP contribution is -2.44. The van der Waals surface area contributed by atoms with Crippen LogP contribution in [0.2, 0.25) is 0 Å². The summed E-state index contributed by atoms with van der Waals surface area (Å²) < 4.78 is 30.6. The number of benzene rings is 5. The van der Waals surface area contributed by atoms with E-state index in [4.69, 9.17) is 23.7 Å². The smallest absolute Gasteiger partial charge is 0.178 e. The molecule has 0 radical (unpaired) electrons. The Morgan fingerprint density at radius 3 is 1.68 bits per heavy atom. The molecule has 1 saturated carbocycles. The van der Waals surface area contributed by atoms with Crippen molar-refractivity contribution < 1.29 is 23.7 Å². The van der Waals surface area contributed by atoms with E-state index in [1.165, 1.54) is 28.7 Å². The van der Waals surface area contributed by atoms with E-state index < -0.39 is 5.60 Å². The van der Waals surface area contributed by atoms with Crippen LogP contribution in [-0.4, -0.2) is 28.4 Å². The first-order chi connectivity index (χ1) is 24.0. The summed E-state index contributed by atoms with van der Waals surface area (Å²) in [5.74, 6) is 3.80. The van der Waals surface area contributed by atoms with Crippen molar-refractivity contribution in [2.45, 2.75) is 58.0 Å². The predicted octanol–water partition coefficient (Wildman–Crippen LogP) is 10.7. The van der Waals surface area contributed by atoms with Crippen molar-refractivity contribution in [2.75, 3.05) is 28.4 Å². The normalized spacial score (nSPS) is 18.5. The molecule has 3 aliphatic rings. The van der Waals surface area contributed by atoms with Gasteiger partial charge in [0.15, 0.2) is 17.1 Å². The maximum absolute atomic E-state index is 7.62. The fourth-order valence-corrected chi connectivity index (χ4v) is 10.1. The van der Waals surface area contributed by atoms with Crippen LogP contribution in [0.15, 0.2) is 91.0 Å². The molecule has 0 amide bonds. The van der Waals surface area contributed by atoms with Crippen molar-refractivity contribution in [3.8, 4) is 39.9 Å². The molecule has 2 aliphatic carbocycles. The Morgan fingerprint density at radius 2 is 1.14 bits per heavy atom. The van der Waals surface area contributed by atoms with E-state index in [0.717, 1.165) is 57.6 Å². The molecule has 1 aliphatic heterocycles. The molecule has 0 aromatic heterocycles. The molecule has 0 bridgehead atoms. The molecular formula is C45H46O5. The van der Waals surface area contributed by atoms with Crippen molar-refractivity contribution >= 4 is 16.8 Å². The molecule has 1 heterocycles. The number of fused-ring (bicyclic) bond motifs is 10. The lowest BCUT2D eigenvalue weighted by atomic mass is 9.52. The average molecular weight is 667 g/mol. The zero-order valence-corrected chi connectivity index (χ0v) is 30.4. The lowest BCUT2D eigenvalue weighted by molar-refractivity contribution is 0.0642. The maximum atomic E-state index is 7.62. The molecule has 5 nitrogen and oxygen atoms in total. The minimum atomic E-state index is -0.927. The van der Waals surface area contributed by atoms with Gasteiger partial charge in [-0.1, -0.05) is 82.3 Å². The Balaban J connectivity index is 1.49. The van der Waals surface area contributed by atoms with Gasteiger partial charge in [-0.25, -0.2) is 0 Å². The van der Waals surface area contributed by atoms with E-state index in [1.54, 1.807) is 28.4 Å². The molecule has 5 aromatic carbocycles. The summed E-state index contributed by atoms with van der Waals surface area (Å²) in [5, 5.41) is 2.10. The van der Waals surface area contributed by atoms with Crippen LogP contribution in [0, 0.1) is 10.8 Å². The van der Waals surface area contributed by atoms with Crippen LogP contribution in [0.5, 0.6) is 28.7 Å². The fraction of sp³-hybridized carbons (Fsp3) is 0.333. The van der Waals surface area contributed by atoms with E-state index in [9.17, 15) is 0 Å². The highest BCUT2D eigenvalue weighted by molar-refractivity contribution is 6.09. The SMILES string of the molecule is COc1ccc(C2(c3ccc(OC)cc3)C=Cc3c4c(c5cc(OC)c(OC)cc5c3O2)-c2ccccc2C42CC(C)(C)CC(C)(C)C2)cc1. The third kappa shape index (κ3) is 4.73. The van der Waals surface area contributed by atoms with Crippen LogP contribution in [0.3, 0.4) is 0 Å². The summed E-state index contributed by atoms with van der Waals surface area (Å²) in [7, 11) is 6.79. The molecule has 1 spiro atoms. The Bertz CT molecular complexity index is 2090. The molecule has 0 atom stereocenters. The standard InChI is InChI=1S/C45H46O5/c1-42(2)25-43(3,4)27-44(26-42)36-12-10-9-11-32(36)39-34-23-37(48-7)38(49-8)24-35(34)41-33(40(39)44)21-22-45(50-41,28-13-17-30(46-5)18-14-28)29-15-19-31(47-6)20-16-29/h9-24H,25-27H2,1-8H3. The molecule has 8 rings (SSSR count). The molecule has 0 N–H and O–H groups in total. The predicted molar refractivity (Wildman–Crippen MR) is 201 cm³/mol. The van der Waals surface area contributed by atoms with Crippen LogP contribution in [-0.2, 0) is 11.0 Å². The average Bonchev–Trinajstić information content (AvgIpc) is 3.38. The maximum Gasteiger partial charge on any atom is 0.178 e. The highest BCUT2D eigenvalue weighted by Crippen LogP contribution is 2.67. The minimum absolute atomic E-state index is 0.130. The summed E-state index contributed by atoms with van der Waals surface area (Å²) in [6, 6.07) is 29.7. The van der Waals surface area contributed by atoms with Gasteiger partial charge in [0.2, 0.25) is 0 Å². The third-order valence-electron chi connectivity index (χ3n) is 11.3. The number of rotatable bonds is 6. The summed E-state index contributed by atoms with van der Waals surface area (Å²) in [4.78, 5) is 0. The molecule has 256 valence electrons. The zero-order chi connectivity index (χ0) is 35.1. The van der Waals surface area contributed by atoms with Gasteiger partial charge in [0.25, 0.3) is 0 Å². The number of hydrogen-bond donors (Lipinski definition) is 0. The number of hydrogen-bond acceptors (Lipinski definition) is 5. The zero-order valence-electron chi connectivity index (χ0n) is 30.4. The lowest BCUT2D eigenvalue weighted by Gasteiger charge is -2.52. The second kappa shape index (κ2) is 11.3. The summed E-state index contributed by atoms with van der Waals surface area (Å²) in [5.41, 5.74) is 7.62. The van der Waals surface area contributed by atoms with E-state index in [0.29, 0.717) is 11.5 Å².